The molecule has 0 nitrogen and oxygen atoms in total. The number of hydrogen-bond acceptors (Lipinski definition) is 1. The molecule has 0 aliphatic rings. The third-order valence-corrected chi connectivity index (χ3v) is 3.18. The summed E-state index contributed by atoms with van der Waals surface area (Å²) < 4.78 is 0. The smallest absolute Gasteiger partial charge is 0.00313 e. The molecule has 0 saturated carbocycles. The Bertz CT molecular complexity index is 429. The Morgan fingerprint density at radius 2 is 1.79 bits per heavy atom. The van der Waals surface area contributed by atoms with Crippen LogP contribution >= 0.6 is 12.6 Å². The second-order valence-electron chi connectivity index (χ2n) is 3.65. The third kappa shape index (κ3) is 1.64. The monoisotopic (exact) mass is 202 g/mol. The molecule has 2 rings (SSSR count). The van der Waals surface area contributed by atoms with E-state index < -0.39 is 0 Å². The van der Waals surface area contributed by atoms with Crippen LogP contribution < -0.4 is 0 Å². The molecule has 2 aromatic rings. The molecule has 0 saturated heterocycles. The zero-order valence-corrected chi connectivity index (χ0v) is 9.17. The highest BCUT2D eigenvalue weighted by molar-refractivity contribution is 7.80. The van der Waals surface area contributed by atoms with E-state index in [1.807, 2.05) is 0 Å². The number of rotatable bonds is 2. The van der Waals surface area contributed by atoms with Gasteiger partial charge in [0.25, 0.3) is 0 Å². The van der Waals surface area contributed by atoms with Crippen molar-refractivity contribution in [2.75, 3.05) is 5.75 Å². The van der Waals surface area contributed by atoms with Crippen LogP contribution in [0.2, 0.25) is 0 Å². The lowest BCUT2D eigenvalue weighted by Gasteiger charge is -2.11. The molecule has 0 aliphatic heterocycles. The molecule has 0 aliphatic carbocycles. The Morgan fingerprint density at radius 1 is 1.07 bits per heavy atom. The first-order chi connectivity index (χ1) is 6.83. The normalized spacial score (nSPS) is 13.0. The summed E-state index contributed by atoms with van der Waals surface area (Å²) in [5.41, 5.74) is 1.40. The molecule has 0 fully saturated rings. The van der Waals surface area contributed by atoms with Crippen LogP contribution in [0.25, 0.3) is 10.8 Å². The molecule has 14 heavy (non-hydrogen) atoms. The van der Waals surface area contributed by atoms with Gasteiger partial charge in [-0.1, -0.05) is 49.4 Å². The fourth-order valence-electron chi connectivity index (χ4n) is 1.78. The summed E-state index contributed by atoms with van der Waals surface area (Å²) in [6.07, 6.45) is 0. The van der Waals surface area contributed by atoms with Crippen LogP contribution in [0.4, 0.5) is 0 Å². The lowest BCUT2D eigenvalue weighted by atomic mass is 9.96. The van der Waals surface area contributed by atoms with Gasteiger partial charge in [-0.2, -0.15) is 12.6 Å². The Balaban J connectivity index is 2.65. The topological polar surface area (TPSA) is 0 Å². The van der Waals surface area contributed by atoms with Gasteiger partial charge in [0.1, 0.15) is 0 Å². The van der Waals surface area contributed by atoms with Crippen molar-refractivity contribution in [2.45, 2.75) is 12.8 Å². The largest absolute Gasteiger partial charge is 0.179 e. The van der Waals surface area contributed by atoms with Crippen molar-refractivity contribution in [3.8, 4) is 0 Å². The molecular formula is C13H14S. The number of hydrogen-bond donors (Lipinski definition) is 1. The van der Waals surface area contributed by atoms with E-state index in [1.165, 1.54) is 16.3 Å². The van der Waals surface area contributed by atoms with Crippen LogP contribution in [-0.2, 0) is 0 Å². The van der Waals surface area contributed by atoms with Crippen LogP contribution in [0.15, 0.2) is 42.5 Å². The van der Waals surface area contributed by atoms with Crippen molar-refractivity contribution in [3.63, 3.8) is 0 Å². The quantitative estimate of drug-likeness (QED) is 0.702. The number of benzene rings is 2. The summed E-state index contributed by atoms with van der Waals surface area (Å²) >= 11 is 4.35. The van der Waals surface area contributed by atoms with E-state index in [2.05, 4.69) is 62.0 Å². The molecule has 0 bridgehead atoms. The van der Waals surface area contributed by atoms with Crippen molar-refractivity contribution in [1.82, 2.24) is 0 Å². The predicted octanol–water partition coefficient (Wildman–Crippen LogP) is 3.87. The van der Waals surface area contributed by atoms with Crippen molar-refractivity contribution in [2.24, 2.45) is 0 Å². The van der Waals surface area contributed by atoms with Crippen LogP contribution in [0.5, 0.6) is 0 Å². The minimum Gasteiger partial charge on any atom is -0.179 e. The number of thiol groups is 1. The maximum atomic E-state index is 4.35. The van der Waals surface area contributed by atoms with Gasteiger partial charge in [0.05, 0.1) is 0 Å². The Labute approximate surface area is 90.4 Å². The first-order valence-corrected chi connectivity index (χ1v) is 5.54. The van der Waals surface area contributed by atoms with Gasteiger partial charge < -0.3 is 0 Å². The van der Waals surface area contributed by atoms with Crippen LogP contribution in [-0.4, -0.2) is 5.75 Å². The third-order valence-electron chi connectivity index (χ3n) is 2.63. The molecule has 0 heterocycles. The van der Waals surface area contributed by atoms with E-state index in [0.29, 0.717) is 5.92 Å². The van der Waals surface area contributed by atoms with Gasteiger partial charge in [-0.3, -0.25) is 0 Å². The van der Waals surface area contributed by atoms with E-state index in [9.17, 15) is 0 Å². The van der Waals surface area contributed by atoms with Gasteiger partial charge in [-0.25, -0.2) is 0 Å². The first-order valence-electron chi connectivity index (χ1n) is 4.91. The van der Waals surface area contributed by atoms with E-state index in [-0.39, 0.29) is 0 Å². The van der Waals surface area contributed by atoms with E-state index in [0.717, 1.165) is 5.75 Å². The van der Waals surface area contributed by atoms with E-state index >= 15 is 0 Å². The molecule has 2 aromatic carbocycles. The van der Waals surface area contributed by atoms with Gasteiger partial charge in [0.15, 0.2) is 0 Å². The Morgan fingerprint density at radius 3 is 2.57 bits per heavy atom. The summed E-state index contributed by atoms with van der Waals surface area (Å²) in [5.74, 6) is 1.41. The molecule has 1 unspecified atom stereocenters. The average molecular weight is 202 g/mol. The van der Waals surface area contributed by atoms with E-state index in [1.54, 1.807) is 0 Å². The second kappa shape index (κ2) is 4.05. The van der Waals surface area contributed by atoms with Gasteiger partial charge in [0.2, 0.25) is 0 Å². The summed E-state index contributed by atoms with van der Waals surface area (Å²) in [5, 5.41) is 2.68. The van der Waals surface area contributed by atoms with Crippen LogP contribution in [0, 0.1) is 0 Å². The zero-order valence-electron chi connectivity index (χ0n) is 8.27. The molecule has 72 valence electrons. The summed E-state index contributed by atoms with van der Waals surface area (Å²) in [4.78, 5) is 0. The number of fused-ring (bicyclic) bond motifs is 1. The SMILES string of the molecule is CC(CS)c1cccc2ccccc12. The lowest BCUT2D eigenvalue weighted by molar-refractivity contribution is 0.894. The highest BCUT2D eigenvalue weighted by atomic mass is 32.1. The summed E-state index contributed by atoms with van der Waals surface area (Å²) in [6, 6.07) is 15.0. The van der Waals surface area contributed by atoms with Crippen molar-refractivity contribution in [3.05, 3.63) is 48.0 Å². The highest BCUT2D eigenvalue weighted by Gasteiger charge is 2.06. The summed E-state index contributed by atoms with van der Waals surface area (Å²) in [6.45, 7) is 2.22. The molecule has 1 heteroatoms. The average Bonchev–Trinajstić information content (AvgIpc) is 2.27. The molecule has 0 radical (unpaired) electrons. The summed E-state index contributed by atoms with van der Waals surface area (Å²) in [7, 11) is 0. The minimum atomic E-state index is 0.518. The van der Waals surface area contributed by atoms with Gasteiger partial charge in [-0.15, -0.1) is 0 Å². The first kappa shape index (κ1) is 9.60. The van der Waals surface area contributed by atoms with Crippen molar-refractivity contribution in [1.29, 1.82) is 0 Å². The van der Waals surface area contributed by atoms with E-state index in [4.69, 9.17) is 0 Å². The van der Waals surface area contributed by atoms with Crippen molar-refractivity contribution >= 4 is 23.4 Å². The standard InChI is InChI=1S/C13H14S/c1-10(9-14)12-8-4-6-11-5-2-3-7-13(11)12/h2-8,10,14H,9H2,1H3. The second-order valence-corrected chi connectivity index (χ2v) is 4.02. The molecule has 0 N–H and O–H groups in total. The Hall–Kier alpha value is -0.950. The maximum absolute atomic E-state index is 4.35. The molecule has 0 amide bonds. The van der Waals surface area contributed by atoms with Crippen LogP contribution in [0.1, 0.15) is 18.4 Å². The zero-order chi connectivity index (χ0) is 9.97. The minimum absolute atomic E-state index is 0.518. The van der Waals surface area contributed by atoms with Crippen molar-refractivity contribution < 1.29 is 0 Å². The van der Waals surface area contributed by atoms with Crippen LogP contribution in [0.3, 0.4) is 0 Å². The predicted molar refractivity (Wildman–Crippen MR) is 66.2 cm³/mol. The Kier molecular flexibility index (Phi) is 2.78. The molecule has 0 spiro atoms. The molecule has 1 atom stereocenters. The van der Waals surface area contributed by atoms with Gasteiger partial charge in [0, 0.05) is 0 Å². The van der Waals surface area contributed by atoms with Gasteiger partial charge >= 0.3 is 0 Å². The lowest BCUT2D eigenvalue weighted by Crippen LogP contribution is -1.95. The molecule has 0 aromatic heterocycles. The maximum Gasteiger partial charge on any atom is -0.00313 e. The fourth-order valence-corrected chi connectivity index (χ4v) is 1.98. The highest BCUT2D eigenvalue weighted by Crippen LogP contribution is 2.25. The van der Waals surface area contributed by atoms with Gasteiger partial charge in [-0.05, 0) is 28.0 Å². The molecular weight excluding hydrogens is 188 g/mol. The fraction of sp³-hybridized carbons (Fsp3) is 0.231.